The van der Waals surface area contributed by atoms with E-state index in [9.17, 15) is 18.0 Å². The Bertz CT molecular complexity index is 391. The highest BCUT2D eigenvalue weighted by molar-refractivity contribution is 6.34. The largest absolute Gasteiger partial charge is 0.408 e. The van der Waals surface area contributed by atoms with Gasteiger partial charge in [0.1, 0.15) is 17.4 Å². The van der Waals surface area contributed by atoms with E-state index in [2.05, 4.69) is 10.4 Å². The van der Waals surface area contributed by atoms with E-state index in [0.29, 0.717) is 4.68 Å². The Morgan fingerprint density at radius 2 is 2.19 bits per heavy atom. The summed E-state index contributed by atoms with van der Waals surface area (Å²) in [6.45, 7) is -1.27. The molecule has 1 N–H and O–H groups in total. The number of alkyl halides is 4. The van der Waals surface area contributed by atoms with Crippen LogP contribution in [0, 0.1) is 0 Å². The van der Waals surface area contributed by atoms with Gasteiger partial charge in [-0.1, -0.05) is 11.6 Å². The average Bonchev–Trinajstić information content (AvgIpc) is 2.43. The van der Waals surface area contributed by atoms with Gasteiger partial charge in [-0.05, 0) is 0 Å². The quantitative estimate of drug-likeness (QED) is 0.861. The zero-order valence-corrected chi connectivity index (χ0v) is 9.20. The van der Waals surface area contributed by atoms with Crippen LogP contribution in [-0.2, 0) is 11.3 Å². The van der Waals surface area contributed by atoms with Gasteiger partial charge in [0.15, 0.2) is 5.82 Å². The molecule has 0 fully saturated rings. The van der Waals surface area contributed by atoms with Crippen LogP contribution in [-0.4, -0.2) is 27.7 Å². The molecule has 0 spiro atoms. The minimum Gasteiger partial charge on any atom is -0.307 e. The first-order valence-corrected chi connectivity index (χ1v) is 4.88. The lowest BCUT2D eigenvalue weighted by Gasteiger charge is -2.05. The van der Waals surface area contributed by atoms with Gasteiger partial charge in [-0.15, -0.1) is 11.6 Å². The van der Waals surface area contributed by atoms with E-state index in [-0.39, 0.29) is 16.7 Å². The molecule has 1 amide bonds. The zero-order chi connectivity index (χ0) is 12.3. The normalized spacial score (nSPS) is 11.6. The van der Waals surface area contributed by atoms with Crippen LogP contribution in [0.15, 0.2) is 6.20 Å². The molecule has 90 valence electrons. The summed E-state index contributed by atoms with van der Waals surface area (Å²) < 4.78 is 36.6. The van der Waals surface area contributed by atoms with Gasteiger partial charge >= 0.3 is 6.18 Å². The van der Waals surface area contributed by atoms with Crippen molar-refractivity contribution in [2.24, 2.45) is 0 Å². The highest BCUT2D eigenvalue weighted by Gasteiger charge is 2.29. The molecule has 0 saturated heterocycles. The number of halogens is 5. The fraction of sp³-hybridized carbons (Fsp3) is 0.429. The topological polar surface area (TPSA) is 46.9 Å². The maximum atomic E-state index is 12.0. The third-order valence-corrected chi connectivity index (χ3v) is 1.96. The van der Waals surface area contributed by atoms with Crippen LogP contribution in [0.3, 0.4) is 0 Å². The number of anilines is 1. The number of amides is 1. The van der Waals surface area contributed by atoms with Gasteiger partial charge in [0.25, 0.3) is 0 Å². The molecule has 1 aromatic rings. The van der Waals surface area contributed by atoms with Crippen molar-refractivity contribution in [1.29, 1.82) is 0 Å². The molecule has 0 bridgehead atoms. The van der Waals surface area contributed by atoms with Crippen molar-refractivity contribution < 1.29 is 18.0 Å². The van der Waals surface area contributed by atoms with Gasteiger partial charge in [-0.2, -0.15) is 18.3 Å². The Morgan fingerprint density at radius 1 is 1.56 bits per heavy atom. The third kappa shape index (κ3) is 3.90. The number of nitrogens with zero attached hydrogens (tertiary/aromatic N) is 2. The summed E-state index contributed by atoms with van der Waals surface area (Å²) in [5.74, 6) is -1.07. The Balaban J connectivity index is 2.78. The lowest BCUT2D eigenvalue weighted by atomic mass is 10.6. The second-order valence-electron chi connectivity index (χ2n) is 2.82. The summed E-state index contributed by atoms with van der Waals surface area (Å²) in [5.41, 5.74) is 0. The fourth-order valence-electron chi connectivity index (χ4n) is 0.912. The standard InChI is InChI=1S/C7H6Cl2F3N3O/c8-1-5(16)13-6-4(9)2-15(14-6)3-7(10,11)12/h2H,1,3H2,(H,13,14,16). The summed E-state index contributed by atoms with van der Waals surface area (Å²) in [5, 5.41) is 5.54. The number of carbonyl (C=O) groups excluding carboxylic acids is 1. The maximum absolute atomic E-state index is 12.0. The fourth-order valence-corrected chi connectivity index (χ4v) is 1.18. The Kier molecular flexibility index (Phi) is 4.03. The van der Waals surface area contributed by atoms with Crippen molar-refractivity contribution in [3.63, 3.8) is 0 Å². The van der Waals surface area contributed by atoms with Crippen molar-refractivity contribution >= 4 is 34.9 Å². The molecule has 0 aliphatic carbocycles. The molecule has 0 aliphatic rings. The predicted molar refractivity (Wildman–Crippen MR) is 52.6 cm³/mol. The number of hydrogen-bond donors (Lipinski definition) is 1. The SMILES string of the molecule is O=C(CCl)Nc1nn(CC(F)(F)F)cc1Cl. The number of rotatable bonds is 3. The van der Waals surface area contributed by atoms with E-state index >= 15 is 0 Å². The molecule has 0 aromatic carbocycles. The summed E-state index contributed by atoms with van der Waals surface area (Å²) in [7, 11) is 0. The van der Waals surface area contributed by atoms with Crippen LogP contribution in [0.25, 0.3) is 0 Å². The number of aromatic nitrogens is 2. The van der Waals surface area contributed by atoms with Gasteiger partial charge in [0, 0.05) is 6.20 Å². The minimum absolute atomic E-state index is 0.0808. The second-order valence-corrected chi connectivity index (χ2v) is 3.49. The van der Waals surface area contributed by atoms with Gasteiger partial charge in [-0.25, -0.2) is 0 Å². The van der Waals surface area contributed by atoms with Crippen LogP contribution in [0.5, 0.6) is 0 Å². The maximum Gasteiger partial charge on any atom is 0.408 e. The van der Waals surface area contributed by atoms with E-state index < -0.39 is 18.6 Å². The number of carbonyl (C=O) groups is 1. The first kappa shape index (κ1) is 13.1. The molecule has 0 atom stereocenters. The lowest BCUT2D eigenvalue weighted by Crippen LogP contribution is -2.18. The molecule has 0 saturated carbocycles. The van der Waals surface area contributed by atoms with Gasteiger partial charge in [0.2, 0.25) is 5.91 Å². The minimum atomic E-state index is -4.40. The van der Waals surface area contributed by atoms with Crippen LogP contribution >= 0.6 is 23.2 Å². The Morgan fingerprint density at radius 3 is 2.69 bits per heavy atom. The molecular formula is C7H6Cl2F3N3O. The van der Waals surface area contributed by atoms with Crippen LogP contribution in [0.2, 0.25) is 5.02 Å². The van der Waals surface area contributed by atoms with Crippen molar-refractivity contribution in [1.82, 2.24) is 9.78 Å². The second kappa shape index (κ2) is 4.92. The van der Waals surface area contributed by atoms with Gasteiger partial charge < -0.3 is 5.32 Å². The summed E-state index contributed by atoms with van der Waals surface area (Å²) in [6, 6.07) is 0. The van der Waals surface area contributed by atoms with Crippen molar-refractivity contribution in [2.75, 3.05) is 11.2 Å². The number of nitrogens with one attached hydrogen (secondary N) is 1. The van der Waals surface area contributed by atoms with Crippen molar-refractivity contribution in [3.05, 3.63) is 11.2 Å². The lowest BCUT2D eigenvalue weighted by molar-refractivity contribution is -0.142. The molecule has 4 nitrogen and oxygen atoms in total. The van der Waals surface area contributed by atoms with Crippen molar-refractivity contribution in [3.8, 4) is 0 Å². The molecule has 0 radical (unpaired) electrons. The average molecular weight is 276 g/mol. The molecular weight excluding hydrogens is 270 g/mol. The monoisotopic (exact) mass is 275 g/mol. The molecule has 1 heterocycles. The predicted octanol–water partition coefficient (Wildman–Crippen LogP) is 2.28. The van der Waals surface area contributed by atoms with Gasteiger partial charge in [0.05, 0.1) is 0 Å². The molecule has 0 aliphatic heterocycles. The van der Waals surface area contributed by atoms with E-state index in [0.717, 1.165) is 6.20 Å². The van der Waals surface area contributed by atoms with E-state index in [1.807, 2.05) is 0 Å². The van der Waals surface area contributed by atoms with E-state index in [1.165, 1.54) is 0 Å². The molecule has 1 aromatic heterocycles. The van der Waals surface area contributed by atoms with Gasteiger partial charge in [-0.3, -0.25) is 9.48 Å². The smallest absolute Gasteiger partial charge is 0.307 e. The third-order valence-electron chi connectivity index (χ3n) is 1.44. The molecule has 9 heteroatoms. The van der Waals surface area contributed by atoms with Crippen LogP contribution in [0.1, 0.15) is 0 Å². The van der Waals surface area contributed by atoms with Crippen LogP contribution < -0.4 is 5.32 Å². The highest BCUT2D eigenvalue weighted by atomic mass is 35.5. The first-order chi connectivity index (χ1) is 7.31. The van der Waals surface area contributed by atoms with Crippen molar-refractivity contribution in [2.45, 2.75) is 12.7 Å². The summed E-state index contributed by atoms with van der Waals surface area (Å²) in [4.78, 5) is 10.9. The van der Waals surface area contributed by atoms with Crippen LogP contribution in [0.4, 0.5) is 19.0 Å². The Labute approximate surface area is 98.3 Å². The molecule has 16 heavy (non-hydrogen) atoms. The highest BCUT2D eigenvalue weighted by Crippen LogP contribution is 2.23. The summed E-state index contributed by atoms with van der Waals surface area (Å²) in [6.07, 6.45) is -3.43. The first-order valence-electron chi connectivity index (χ1n) is 3.97. The zero-order valence-electron chi connectivity index (χ0n) is 7.68. The Hall–Kier alpha value is -0.950. The van der Waals surface area contributed by atoms with E-state index in [1.54, 1.807) is 0 Å². The summed E-state index contributed by atoms with van der Waals surface area (Å²) >= 11 is 10.8. The van der Waals surface area contributed by atoms with E-state index in [4.69, 9.17) is 23.2 Å². The molecule has 0 unspecified atom stereocenters. The number of hydrogen-bond acceptors (Lipinski definition) is 2. The molecule has 1 rings (SSSR count).